The standard InChI is InChI=1S/C17H22ClN3O4S/c1-13-17(14(2)25-19-13)26(22,23)21-9-7-20(8-10-21)11-12-24-16-5-3-15(18)4-6-16/h3-6H,7-12H2,1-2H3. The van der Waals surface area contributed by atoms with Crippen LogP contribution in [0.3, 0.4) is 0 Å². The number of hydrogen-bond donors (Lipinski definition) is 0. The van der Waals surface area contributed by atoms with Crippen molar-refractivity contribution in [3.63, 3.8) is 0 Å². The van der Waals surface area contributed by atoms with E-state index in [2.05, 4.69) is 10.1 Å². The number of piperazine rings is 1. The average molecular weight is 400 g/mol. The summed E-state index contributed by atoms with van der Waals surface area (Å²) in [5, 5.41) is 4.42. The van der Waals surface area contributed by atoms with E-state index in [1.807, 2.05) is 12.1 Å². The maximum atomic E-state index is 12.8. The molecule has 2 aromatic rings. The van der Waals surface area contributed by atoms with Gasteiger partial charge in [0.1, 0.15) is 22.9 Å². The van der Waals surface area contributed by atoms with Crippen LogP contribution in [0.5, 0.6) is 5.75 Å². The first-order chi connectivity index (χ1) is 12.4. The molecule has 0 bridgehead atoms. The molecule has 0 aliphatic carbocycles. The van der Waals surface area contributed by atoms with E-state index < -0.39 is 10.0 Å². The lowest BCUT2D eigenvalue weighted by Crippen LogP contribution is -2.49. The molecule has 0 atom stereocenters. The second-order valence-corrected chi connectivity index (χ2v) is 8.51. The number of aryl methyl sites for hydroxylation is 2. The third kappa shape index (κ3) is 4.20. The Bertz CT molecular complexity index is 824. The summed E-state index contributed by atoms with van der Waals surface area (Å²) >= 11 is 5.85. The highest BCUT2D eigenvalue weighted by atomic mass is 35.5. The minimum Gasteiger partial charge on any atom is -0.492 e. The van der Waals surface area contributed by atoms with Crippen LogP contribution in [-0.4, -0.2) is 62.1 Å². The fraction of sp³-hybridized carbons (Fsp3) is 0.471. The Kier molecular flexibility index (Phi) is 5.86. The van der Waals surface area contributed by atoms with Crippen LogP contribution in [-0.2, 0) is 10.0 Å². The van der Waals surface area contributed by atoms with Crippen molar-refractivity contribution in [2.75, 3.05) is 39.3 Å². The van der Waals surface area contributed by atoms with Gasteiger partial charge in [-0.2, -0.15) is 4.31 Å². The molecule has 0 amide bonds. The molecule has 0 unspecified atom stereocenters. The van der Waals surface area contributed by atoms with Gasteiger partial charge in [0.2, 0.25) is 10.0 Å². The highest BCUT2D eigenvalue weighted by Crippen LogP contribution is 2.24. The van der Waals surface area contributed by atoms with E-state index in [4.69, 9.17) is 20.9 Å². The molecule has 3 rings (SSSR count). The van der Waals surface area contributed by atoms with E-state index in [-0.39, 0.29) is 4.90 Å². The molecule has 0 N–H and O–H groups in total. The van der Waals surface area contributed by atoms with Crippen LogP contribution in [0.1, 0.15) is 11.5 Å². The number of nitrogens with zero attached hydrogens (tertiary/aromatic N) is 3. The number of rotatable bonds is 6. The van der Waals surface area contributed by atoms with Gasteiger partial charge in [-0.15, -0.1) is 0 Å². The topological polar surface area (TPSA) is 75.9 Å². The Morgan fingerprint density at radius 2 is 1.81 bits per heavy atom. The summed E-state index contributed by atoms with van der Waals surface area (Å²) in [5.74, 6) is 1.11. The van der Waals surface area contributed by atoms with E-state index in [0.29, 0.717) is 49.3 Å². The zero-order valence-corrected chi connectivity index (χ0v) is 16.4. The molecule has 2 heterocycles. The van der Waals surface area contributed by atoms with Crippen molar-refractivity contribution in [2.24, 2.45) is 0 Å². The van der Waals surface area contributed by atoms with Crippen molar-refractivity contribution < 1.29 is 17.7 Å². The van der Waals surface area contributed by atoms with Crippen molar-refractivity contribution in [1.82, 2.24) is 14.4 Å². The molecule has 1 aliphatic rings. The molecular formula is C17H22ClN3O4S. The average Bonchev–Trinajstić information content (AvgIpc) is 2.96. The predicted molar refractivity (Wildman–Crippen MR) is 98.1 cm³/mol. The number of hydrogen-bond acceptors (Lipinski definition) is 6. The van der Waals surface area contributed by atoms with Crippen LogP contribution in [0.2, 0.25) is 5.02 Å². The van der Waals surface area contributed by atoms with Crippen molar-refractivity contribution in [3.8, 4) is 5.75 Å². The fourth-order valence-electron chi connectivity index (χ4n) is 2.99. The van der Waals surface area contributed by atoms with Gasteiger partial charge in [0.25, 0.3) is 0 Å². The lowest BCUT2D eigenvalue weighted by atomic mass is 10.3. The molecule has 1 aliphatic heterocycles. The Morgan fingerprint density at radius 1 is 1.15 bits per heavy atom. The van der Waals surface area contributed by atoms with Gasteiger partial charge in [-0.05, 0) is 38.1 Å². The first-order valence-corrected chi connectivity index (χ1v) is 10.2. The maximum absolute atomic E-state index is 12.8. The Hall–Kier alpha value is -1.61. The summed E-state index contributed by atoms with van der Waals surface area (Å²) in [5.41, 5.74) is 0.404. The normalized spacial score (nSPS) is 16.7. The van der Waals surface area contributed by atoms with Gasteiger partial charge < -0.3 is 9.26 Å². The summed E-state index contributed by atoms with van der Waals surface area (Å²) in [7, 11) is -3.56. The molecule has 9 heteroatoms. The predicted octanol–water partition coefficient (Wildman–Crippen LogP) is 2.33. The first-order valence-electron chi connectivity index (χ1n) is 8.41. The minimum absolute atomic E-state index is 0.192. The fourth-order valence-corrected chi connectivity index (χ4v) is 4.83. The van der Waals surface area contributed by atoms with Gasteiger partial charge in [0, 0.05) is 37.7 Å². The molecule has 142 valence electrons. The van der Waals surface area contributed by atoms with Crippen LogP contribution in [0.4, 0.5) is 0 Å². The van der Waals surface area contributed by atoms with Crippen LogP contribution in [0, 0.1) is 13.8 Å². The summed E-state index contributed by atoms with van der Waals surface area (Å²) in [6, 6.07) is 7.23. The number of benzene rings is 1. The lowest BCUT2D eigenvalue weighted by Gasteiger charge is -2.33. The molecule has 1 aromatic heterocycles. The SMILES string of the molecule is Cc1noc(C)c1S(=O)(=O)N1CCN(CCOc2ccc(Cl)cc2)CC1. The van der Waals surface area contributed by atoms with Gasteiger partial charge in [-0.3, -0.25) is 4.90 Å². The number of halogens is 1. The molecule has 1 saturated heterocycles. The lowest BCUT2D eigenvalue weighted by molar-refractivity contribution is 0.159. The molecule has 1 aromatic carbocycles. The molecule has 0 saturated carbocycles. The van der Waals surface area contributed by atoms with Crippen molar-refractivity contribution >= 4 is 21.6 Å². The van der Waals surface area contributed by atoms with Gasteiger partial charge >= 0.3 is 0 Å². The van der Waals surface area contributed by atoms with E-state index in [1.165, 1.54) is 4.31 Å². The van der Waals surface area contributed by atoms with Crippen molar-refractivity contribution in [1.29, 1.82) is 0 Å². The number of aromatic nitrogens is 1. The summed E-state index contributed by atoms with van der Waals surface area (Å²) in [6.07, 6.45) is 0. The quantitative estimate of drug-likeness (QED) is 0.742. The van der Waals surface area contributed by atoms with Crippen LogP contribution >= 0.6 is 11.6 Å². The Morgan fingerprint density at radius 3 is 2.38 bits per heavy atom. The highest BCUT2D eigenvalue weighted by Gasteiger charge is 2.33. The van der Waals surface area contributed by atoms with Gasteiger partial charge in [-0.25, -0.2) is 8.42 Å². The monoisotopic (exact) mass is 399 g/mol. The third-order valence-electron chi connectivity index (χ3n) is 4.39. The molecule has 26 heavy (non-hydrogen) atoms. The largest absolute Gasteiger partial charge is 0.492 e. The smallest absolute Gasteiger partial charge is 0.248 e. The second-order valence-electron chi connectivity index (χ2n) is 6.20. The van der Waals surface area contributed by atoms with E-state index >= 15 is 0 Å². The Balaban J connectivity index is 1.50. The second kappa shape index (κ2) is 7.96. The van der Waals surface area contributed by atoms with Crippen LogP contribution < -0.4 is 4.74 Å². The van der Waals surface area contributed by atoms with Crippen LogP contribution in [0.25, 0.3) is 0 Å². The first kappa shape index (κ1) is 19.2. The van der Waals surface area contributed by atoms with Gasteiger partial charge in [0.05, 0.1) is 0 Å². The molecule has 0 spiro atoms. The summed E-state index contributed by atoms with van der Waals surface area (Å²) in [4.78, 5) is 2.38. The maximum Gasteiger partial charge on any atom is 0.248 e. The molecule has 7 nitrogen and oxygen atoms in total. The van der Waals surface area contributed by atoms with Crippen molar-refractivity contribution in [3.05, 3.63) is 40.7 Å². The zero-order chi connectivity index (χ0) is 18.7. The van der Waals surface area contributed by atoms with Crippen molar-refractivity contribution in [2.45, 2.75) is 18.7 Å². The minimum atomic E-state index is -3.56. The Labute approximate surface area is 158 Å². The molecule has 0 radical (unpaired) electrons. The summed E-state index contributed by atoms with van der Waals surface area (Å²) in [6.45, 7) is 6.74. The van der Waals surface area contributed by atoms with Gasteiger partial charge in [0.15, 0.2) is 5.76 Å². The third-order valence-corrected chi connectivity index (χ3v) is 6.78. The molecule has 1 fully saturated rings. The van der Waals surface area contributed by atoms with E-state index in [1.54, 1.807) is 26.0 Å². The summed E-state index contributed by atoms with van der Waals surface area (Å²) < 4.78 is 37.8. The highest BCUT2D eigenvalue weighted by molar-refractivity contribution is 7.89. The number of ether oxygens (including phenoxy) is 1. The van der Waals surface area contributed by atoms with E-state index in [0.717, 1.165) is 12.3 Å². The molecular weight excluding hydrogens is 378 g/mol. The van der Waals surface area contributed by atoms with Crippen LogP contribution in [0.15, 0.2) is 33.7 Å². The zero-order valence-electron chi connectivity index (χ0n) is 14.8. The van der Waals surface area contributed by atoms with E-state index in [9.17, 15) is 8.42 Å². The van der Waals surface area contributed by atoms with Gasteiger partial charge in [-0.1, -0.05) is 16.8 Å². The number of sulfonamides is 1.